The van der Waals surface area contributed by atoms with Crippen LogP contribution < -0.4 is 10.2 Å². The maximum Gasteiger partial charge on any atom is 0.309 e. The Hall–Kier alpha value is -2.67. The van der Waals surface area contributed by atoms with E-state index >= 15 is 0 Å². The van der Waals surface area contributed by atoms with Crippen LogP contribution in [0.3, 0.4) is 0 Å². The van der Waals surface area contributed by atoms with Gasteiger partial charge in [-0.15, -0.1) is 0 Å². The number of hydrogen-bond acceptors (Lipinski definition) is 6. The van der Waals surface area contributed by atoms with Gasteiger partial charge in [0, 0.05) is 30.5 Å². The van der Waals surface area contributed by atoms with Gasteiger partial charge in [-0.3, -0.25) is 9.59 Å². The fraction of sp³-hybridized carbons (Fsp3) is 0.400. The Morgan fingerprint density at radius 2 is 1.86 bits per heavy atom. The van der Waals surface area contributed by atoms with E-state index in [4.69, 9.17) is 16.3 Å². The number of benzene rings is 1. The molecule has 1 saturated heterocycles. The summed E-state index contributed by atoms with van der Waals surface area (Å²) in [5.41, 5.74) is 0.930. The number of ether oxygens (including phenoxy) is 1. The molecule has 28 heavy (non-hydrogen) atoms. The average Bonchev–Trinajstić information content (AvgIpc) is 2.73. The number of esters is 1. The number of carbonyl (C=O) groups excluding carboxylic acids is 2. The summed E-state index contributed by atoms with van der Waals surface area (Å²) in [6.45, 7) is 2.95. The number of piperidine rings is 1. The average molecular weight is 403 g/mol. The number of nitrogens with one attached hydrogen (secondary N) is 1. The summed E-state index contributed by atoms with van der Waals surface area (Å²) in [5, 5.41) is 3.46. The molecule has 7 nitrogen and oxygen atoms in total. The van der Waals surface area contributed by atoms with Gasteiger partial charge in [0.2, 0.25) is 5.95 Å². The van der Waals surface area contributed by atoms with Crippen LogP contribution in [-0.2, 0) is 14.3 Å². The molecule has 1 aromatic carbocycles. The smallest absolute Gasteiger partial charge is 0.309 e. The van der Waals surface area contributed by atoms with Gasteiger partial charge in [-0.25, -0.2) is 9.97 Å². The van der Waals surface area contributed by atoms with Crippen LogP contribution in [0.15, 0.2) is 42.7 Å². The Kier molecular flexibility index (Phi) is 6.81. The van der Waals surface area contributed by atoms with Crippen LogP contribution in [0.2, 0.25) is 5.02 Å². The van der Waals surface area contributed by atoms with Gasteiger partial charge in [-0.2, -0.15) is 0 Å². The molecule has 8 heteroatoms. The monoisotopic (exact) mass is 402 g/mol. The van der Waals surface area contributed by atoms with Crippen LogP contribution in [0.1, 0.15) is 31.4 Å². The molecule has 3 rings (SSSR count). The van der Waals surface area contributed by atoms with Crippen LogP contribution in [0.4, 0.5) is 5.95 Å². The van der Waals surface area contributed by atoms with Crippen molar-refractivity contribution >= 4 is 29.4 Å². The molecule has 2 heterocycles. The Labute approximate surface area is 169 Å². The second-order valence-corrected chi connectivity index (χ2v) is 7.20. The number of carbonyl (C=O) groups is 2. The topological polar surface area (TPSA) is 84.4 Å². The van der Waals surface area contributed by atoms with Crippen molar-refractivity contribution < 1.29 is 14.3 Å². The lowest BCUT2D eigenvalue weighted by atomic mass is 9.97. The van der Waals surface area contributed by atoms with E-state index in [1.807, 2.05) is 24.0 Å². The zero-order chi connectivity index (χ0) is 19.9. The fourth-order valence-electron chi connectivity index (χ4n) is 3.14. The van der Waals surface area contributed by atoms with Crippen LogP contribution in [-0.4, -0.2) is 41.5 Å². The zero-order valence-corrected chi connectivity index (χ0v) is 16.4. The van der Waals surface area contributed by atoms with E-state index in [0.29, 0.717) is 36.9 Å². The van der Waals surface area contributed by atoms with E-state index in [0.717, 1.165) is 5.56 Å². The molecular formula is C20H23ClN4O3. The number of halogens is 1. The Morgan fingerprint density at radius 1 is 1.21 bits per heavy atom. The van der Waals surface area contributed by atoms with Crippen LogP contribution in [0.25, 0.3) is 0 Å². The maximum absolute atomic E-state index is 12.3. The van der Waals surface area contributed by atoms with E-state index in [1.165, 1.54) is 0 Å². The first-order chi connectivity index (χ1) is 13.5. The maximum atomic E-state index is 12.3. The molecule has 1 N–H and O–H groups in total. The highest BCUT2D eigenvalue weighted by atomic mass is 35.5. The normalized spacial score (nSPS) is 15.7. The van der Waals surface area contributed by atoms with Gasteiger partial charge >= 0.3 is 5.97 Å². The number of hydrogen-bond donors (Lipinski definition) is 1. The van der Waals surface area contributed by atoms with Crippen molar-refractivity contribution in [2.75, 3.05) is 24.6 Å². The van der Waals surface area contributed by atoms with Crippen molar-refractivity contribution in [3.8, 4) is 0 Å². The van der Waals surface area contributed by atoms with Gasteiger partial charge < -0.3 is 15.0 Å². The summed E-state index contributed by atoms with van der Waals surface area (Å²) in [4.78, 5) is 34.9. The van der Waals surface area contributed by atoms with Crippen molar-refractivity contribution in [1.82, 2.24) is 15.3 Å². The van der Waals surface area contributed by atoms with Crippen LogP contribution >= 0.6 is 11.6 Å². The van der Waals surface area contributed by atoms with Crippen molar-refractivity contribution in [1.29, 1.82) is 0 Å². The first-order valence-corrected chi connectivity index (χ1v) is 9.64. The highest BCUT2D eigenvalue weighted by Crippen LogP contribution is 2.21. The van der Waals surface area contributed by atoms with Crippen LogP contribution in [0, 0.1) is 5.92 Å². The lowest BCUT2D eigenvalue weighted by Crippen LogP contribution is -2.39. The first-order valence-electron chi connectivity index (χ1n) is 9.26. The SMILES string of the molecule is CC(NC(=O)COC(=O)C1CCN(c2ncccn2)CC1)c1ccc(Cl)cc1. The molecule has 1 unspecified atom stereocenters. The van der Waals surface area contributed by atoms with Gasteiger partial charge in [0.05, 0.1) is 12.0 Å². The largest absolute Gasteiger partial charge is 0.455 e. The predicted molar refractivity (Wildman–Crippen MR) is 106 cm³/mol. The Bertz CT molecular complexity index is 793. The lowest BCUT2D eigenvalue weighted by molar-refractivity contribution is -0.153. The Balaban J connectivity index is 1.40. The number of aromatic nitrogens is 2. The molecule has 0 bridgehead atoms. The minimum atomic E-state index is -0.331. The molecule has 2 aromatic rings. The molecule has 1 aromatic heterocycles. The highest BCUT2D eigenvalue weighted by Gasteiger charge is 2.27. The van der Waals surface area contributed by atoms with Gasteiger partial charge in [0.1, 0.15) is 0 Å². The molecule has 148 valence electrons. The van der Waals surface area contributed by atoms with Gasteiger partial charge in [0.25, 0.3) is 5.91 Å². The summed E-state index contributed by atoms with van der Waals surface area (Å²) in [7, 11) is 0. The fourth-order valence-corrected chi connectivity index (χ4v) is 3.27. The standard InChI is InChI=1S/C20H23ClN4O3/c1-14(15-3-5-17(21)6-4-15)24-18(26)13-28-19(27)16-7-11-25(12-8-16)20-22-9-2-10-23-20/h2-6,9-10,14,16H,7-8,11-13H2,1H3,(H,24,26). The van der Waals surface area contributed by atoms with E-state index in [1.54, 1.807) is 30.6 Å². The molecule has 0 radical (unpaired) electrons. The van der Waals surface area contributed by atoms with Gasteiger partial charge in [-0.05, 0) is 43.5 Å². The van der Waals surface area contributed by atoms with E-state index in [-0.39, 0.29) is 30.4 Å². The third kappa shape index (κ3) is 5.42. The van der Waals surface area contributed by atoms with Crippen molar-refractivity contribution in [3.63, 3.8) is 0 Å². The predicted octanol–water partition coefficient (Wildman–Crippen LogP) is 2.77. The third-order valence-corrected chi connectivity index (χ3v) is 5.01. The molecule has 1 fully saturated rings. The number of nitrogens with zero attached hydrogens (tertiary/aromatic N) is 3. The molecular weight excluding hydrogens is 380 g/mol. The molecule has 0 aliphatic carbocycles. The lowest BCUT2D eigenvalue weighted by Gasteiger charge is -2.30. The molecule has 1 amide bonds. The van der Waals surface area contributed by atoms with E-state index in [9.17, 15) is 9.59 Å². The summed E-state index contributed by atoms with van der Waals surface area (Å²) in [5.74, 6) is -0.194. The molecule has 0 saturated carbocycles. The molecule has 1 aliphatic rings. The van der Waals surface area contributed by atoms with E-state index in [2.05, 4.69) is 15.3 Å². The van der Waals surface area contributed by atoms with Crippen molar-refractivity contribution in [2.45, 2.75) is 25.8 Å². The minimum Gasteiger partial charge on any atom is -0.455 e. The summed E-state index contributed by atoms with van der Waals surface area (Å²) in [6, 6.07) is 8.82. The van der Waals surface area contributed by atoms with Gasteiger partial charge in [0.15, 0.2) is 6.61 Å². The summed E-state index contributed by atoms with van der Waals surface area (Å²) in [6.07, 6.45) is 4.71. The second-order valence-electron chi connectivity index (χ2n) is 6.76. The number of rotatable bonds is 6. The van der Waals surface area contributed by atoms with Crippen molar-refractivity contribution in [3.05, 3.63) is 53.3 Å². The molecule has 1 atom stereocenters. The van der Waals surface area contributed by atoms with E-state index < -0.39 is 0 Å². The minimum absolute atomic E-state index is 0.197. The summed E-state index contributed by atoms with van der Waals surface area (Å²) < 4.78 is 5.22. The Morgan fingerprint density at radius 3 is 2.50 bits per heavy atom. The highest BCUT2D eigenvalue weighted by molar-refractivity contribution is 6.30. The quantitative estimate of drug-likeness (QED) is 0.748. The number of anilines is 1. The zero-order valence-electron chi connectivity index (χ0n) is 15.7. The van der Waals surface area contributed by atoms with Gasteiger partial charge in [-0.1, -0.05) is 23.7 Å². The second kappa shape index (κ2) is 9.50. The first kappa shape index (κ1) is 20.1. The van der Waals surface area contributed by atoms with Crippen molar-refractivity contribution in [2.24, 2.45) is 5.92 Å². The van der Waals surface area contributed by atoms with Crippen LogP contribution in [0.5, 0.6) is 0 Å². The molecule has 1 aliphatic heterocycles. The molecule has 0 spiro atoms. The summed E-state index contributed by atoms with van der Waals surface area (Å²) >= 11 is 5.87. The third-order valence-electron chi connectivity index (χ3n) is 4.76. The number of amides is 1.